The van der Waals surface area contributed by atoms with Crippen molar-refractivity contribution in [3.8, 4) is 17.6 Å². The second-order valence-corrected chi connectivity index (χ2v) is 8.62. The molecule has 0 spiro atoms. The number of esters is 1. The minimum atomic E-state index is -0.822. The van der Waals surface area contributed by atoms with Gasteiger partial charge in [-0.05, 0) is 48.4 Å². The van der Waals surface area contributed by atoms with E-state index >= 15 is 0 Å². The molecule has 0 unspecified atom stereocenters. The quantitative estimate of drug-likeness (QED) is 0.526. The third-order valence-electron chi connectivity index (χ3n) is 5.58. The first kappa shape index (κ1) is 23.9. The minimum absolute atomic E-state index is 0.0389. The van der Waals surface area contributed by atoms with Crippen LogP contribution in [0.3, 0.4) is 0 Å². The molecule has 0 aliphatic carbocycles. The number of rotatable bonds is 6. The number of nitriles is 1. The molecule has 2 aromatic carbocycles. The standard InChI is InChI=1S/C26H23N3O5S/c1-4-34-26(31)22-21(16-8-6-10-18(13-16)33-3)19(14-27)25-29(23(22)28)24(30)20(35-25)12-15-7-5-9-17(11-15)32-2/h5-13,21H,4,28H2,1-3H3/t21-/m1/s1. The van der Waals surface area contributed by atoms with Gasteiger partial charge in [-0.3, -0.25) is 9.36 Å². The summed E-state index contributed by atoms with van der Waals surface area (Å²) in [4.78, 5) is 26.5. The summed E-state index contributed by atoms with van der Waals surface area (Å²) in [6.45, 7) is 1.79. The highest BCUT2D eigenvalue weighted by molar-refractivity contribution is 7.07. The number of methoxy groups -OCH3 is 2. The average Bonchev–Trinajstić information content (AvgIpc) is 3.19. The third-order valence-corrected chi connectivity index (χ3v) is 6.69. The summed E-state index contributed by atoms with van der Waals surface area (Å²) < 4.78 is 17.8. The SMILES string of the molecule is CCOC(=O)C1=C(N)n2c(sc(=Cc3cccc(OC)c3)c2=O)=C(C#N)[C@H]1c1cccc(OC)c1. The van der Waals surface area contributed by atoms with Crippen LogP contribution in [0.15, 0.2) is 58.9 Å². The van der Waals surface area contributed by atoms with Crippen LogP contribution >= 0.6 is 11.3 Å². The molecule has 35 heavy (non-hydrogen) atoms. The zero-order valence-corrected chi connectivity index (χ0v) is 20.2. The maximum Gasteiger partial charge on any atom is 0.338 e. The summed E-state index contributed by atoms with van der Waals surface area (Å²) in [5.74, 6) is -0.365. The lowest BCUT2D eigenvalue weighted by Crippen LogP contribution is -2.40. The van der Waals surface area contributed by atoms with E-state index in [4.69, 9.17) is 19.9 Å². The molecule has 4 rings (SSSR count). The molecule has 1 atom stereocenters. The monoisotopic (exact) mass is 489 g/mol. The van der Waals surface area contributed by atoms with Gasteiger partial charge in [0.15, 0.2) is 0 Å². The molecule has 2 heterocycles. The van der Waals surface area contributed by atoms with Crippen molar-refractivity contribution >= 4 is 34.8 Å². The van der Waals surface area contributed by atoms with Crippen LogP contribution in [0.4, 0.5) is 0 Å². The zero-order chi connectivity index (χ0) is 25.1. The van der Waals surface area contributed by atoms with Gasteiger partial charge in [0.25, 0.3) is 5.56 Å². The largest absolute Gasteiger partial charge is 0.497 e. The van der Waals surface area contributed by atoms with E-state index in [-0.39, 0.29) is 23.6 Å². The van der Waals surface area contributed by atoms with Crippen molar-refractivity contribution < 1.29 is 19.0 Å². The molecule has 1 aliphatic heterocycles. The van der Waals surface area contributed by atoms with Crippen molar-refractivity contribution in [2.24, 2.45) is 5.73 Å². The molecule has 8 nitrogen and oxygen atoms in total. The second-order valence-electron chi connectivity index (χ2n) is 7.59. The molecule has 1 aromatic heterocycles. The van der Waals surface area contributed by atoms with Crippen LogP contribution in [-0.2, 0) is 9.53 Å². The van der Waals surface area contributed by atoms with Crippen molar-refractivity contribution in [3.05, 3.63) is 84.8 Å². The van der Waals surface area contributed by atoms with Crippen LogP contribution in [0.25, 0.3) is 17.5 Å². The van der Waals surface area contributed by atoms with E-state index in [1.54, 1.807) is 56.5 Å². The van der Waals surface area contributed by atoms with Gasteiger partial charge in [0.1, 0.15) is 22.0 Å². The Hall–Kier alpha value is -4.29. The van der Waals surface area contributed by atoms with Crippen LogP contribution in [0.2, 0.25) is 0 Å². The molecule has 0 saturated carbocycles. The van der Waals surface area contributed by atoms with E-state index < -0.39 is 17.4 Å². The van der Waals surface area contributed by atoms with Crippen molar-refractivity contribution in [2.75, 3.05) is 20.8 Å². The fourth-order valence-corrected chi connectivity index (χ4v) is 5.13. The number of aromatic nitrogens is 1. The van der Waals surface area contributed by atoms with Gasteiger partial charge in [-0.1, -0.05) is 24.3 Å². The van der Waals surface area contributed by atoms with Gasteiger partial charge in [0.05, 0.1) is 48.5 Å². The highest BCUT2D eigenvalue weighted by atomic mass is 32.1. The van der Waals surface area contributed by atoms with Gasteiger partial charge < -0.3 is 19.9 Å². The highest BCUT2D eigenvalue weighted by Crippen LogP contribution is 2.37. The average molecular weight is 490 g/mol. The number of benzene rings is 2. The predicted octanol–water partition coefficient (Wildman–Crippen LogP) is 1.92. The Morgan fingerprint density at radius 3 is 2.51 bits per heavy atom. The van der Waals surface area contributed by atoms with Crippen molar-refractivity contribution in [1.82, 2.24) is 4.57 Å². The number of carbonyl (C=O) groups excluding carboxylic acids is 1. The van der Waals surface area contributed by atoms with E-state index in [9.17, 15) is 14.9 Å². The normalized spacial score (nSPS) is 15.4. The first-order valence-electron chi connectivity index (χ1n) is 10.8. The molecule has 0 amide bonds. The topological polar surface area (TPSA) is 117 Å². The van der Waals surface area contributed by atoms with Crippen molar-refractivity contribution in [1.29, 1.82) is 5.26 Å². The molecule has 3 aromatic rings. The number of nitrogens with zero attached hydrogens (tertiary/aromatic N) is 2. The Morgan fingerprint density at radius 2 is 1.86 bits per heavy atom. The summed E-state index contributed by atoms with van der Waals surface area (Å²) in [5.41, 5.74) is 7.66. The lowest BCUT2D eigenvalue weighted by molar-refractivity contribution is -0.138. The van der Waals surface area contributed by atoms with Crippen molar-refractivity contribution in [3.63, 3.8) is 0 Å². The first-order valence-corrected chi connectivity index (χ1v) is 11.6. The van der Waals surface area contributed by atoms with Gasteiger partial charge in [0, 0.05) is 0 Å². The van der Waals surface area contributed by atoms with Gasteiger partial charge in [-0.15, -0.1) is 11.3 Å². The molecule has 0 fully saturated rings. The van der Waals surface area contributed by atoms with Gasteiger partial charge in [0.2, 0.25) is 0 Å². The molecule has 1 aliphatic rings. The Kier molecular flexibility index (Phi) is 6.75. The molecule has 0 bridgehead atoms. The van der Waals surface area contributed by atoms with E-state index in [0.717, 1.165) is 16.9 Å². The third kappa shape index (κ3) is 4.32. The maximum atomic E-state index is 13.4. The van der Waals surface area contributed by atoms with Crippen LogP contribution in [-0.4, -0.2) is 31.4 Å². The molecule has 2 N–H and O–H groups in total. The first-order chi connectivity index (χ1) is 16.9. The zero-order valence-electron chi connectivity index (χ0n) is 19.4. The molecular weight excluding hydrogens is 466 g/mol. The summed E-state index contributed by atoms with van der Waals surface area (Å²) in [6, 6.07) is 16.5. The minimum Gasteiger partial charge on any atom is -0.497 e. The van der Waals surface area contributed by atoms with E-state index in [0.29, 0.717) is 26.3 Å². The number of hydrogen-bond donors (Lipinski definition) is 1. The Labute approximate surface area is 205 Å². The van der Waals surface area contributed by atoms with Crippen LogP contribution in [0.5, 0.6) is 11.5 Å². The van der Waals surface area contributed by atoms with E-state index in [1.165, 1.54) is 11.7 Å². The molecule has 0 radical (unpaired) electrons. The Morgan fingerprint density at radius 1 is 1.17 bits per heavy atom. The van der Waals surface area contributed by atoms with Crippen molar-refractivity contribution in [2.45, 2.75) is 12.8 Å². The number of carbonyl (C=O) groups is 1. The molecule has 178 valence electrons. The smallest absolute Gasteiger partial charge is 0.338 e. The summed E-state index contributed by atoms with van der Waals surface area (Å²) in [5, 5.41) is 10.2. The lowest BCUT2D eigenvalue weighted by Gasteiger charge is -2.25. The van der Waals surface area contributed by atoms with Crippen LogP contribution in [0.1, 0.15) is 24.0 Å². The van der Waals surface area contributed by atoms with Crippen LogP contribution < -0.4 is 30.0 Å². The van der Waals surface area contributed by atoms with Crippen LogP contribution in [0, 0.1) is 11.3 Å². The molecule has 0 saturated heterocycles. The summed E-state index contributed by atoms with van der Waals surface area (Å²) in [7, 11) is 3.09. The number of nitrogens with two attached hydrogens (primary N) is 1. The molecule has 9 heteroatoms. The van der Waals surface area contributed by atoms with E-state index in [2.05, 4.69) is 6.07 Å². The number of fused-ring (bicyclic) bond motifs is 1. The maximum absolute atomic E-state index is 13.4. The van der Waals surface area contributed by atoms with Gasteiger partial charge in [-0.25, -0.2) is 4.79 Å². The van der Waals surface area contributed by atoms with Gasteiger partial charge in [-0.2, -0.15) is 5.26 Å². The van der Waals surface area contributed by atoms with Gasteiger partial charge >= 0.3 is 5.97 Å². The molecular formula is C26H23N3O5S. The summed E-state index contributed by atoms with van der Waals surface area (Å²) in [6.07, 6.45) is 1.70. The number of ether oxygens (including phenoxy) is 3. The second kappa shape index (κ2) is 9.91. The van der Waals surface area contributed by atoms with E-state index in [1.807, 2.05) is 12.1 Å². The fourth-order valence-electron chi connectivity index (χ4n) is 4.00. The fraction of sp³-hybridized carbons (Fsp3) is 0.192. The predicted molar refractivity (Wildman–Crippen MR) is 133 cm³/mol. The number of thiazole rings is 1. The summed E-state index contributed by atoms with van der Waals surface area (Å²) >= 11 is 1.14. The lowest BCUT2D eigenvalue weighted by atomic mass is 9.83. The Balaban J connectivity index is 2.05. The number of hydrogen-bond acceptors (Lipinski definition) is 8. The Bertz CT molecular complexity index is 1560. The highest BCUT2D eigenvalue weighted by Gasteiger charge is 2.36.